The summed E-state index contributed by atoms with van der Waals surface area (Å²) in [5, 5.41) is 21.0. The molecule has 1 unspecified atom stereocenters. The van der Waals surface area contributed by atoms with Crippen molar-refractivity contribution in [3.8, 4) is 5.75 Å². The van der Waals surface area contributed by atoms with Gasteiger partial charge in [-0.25, -0.2) is 4.39 Å². The van der Waals surface area contributed by atoms with Crippen molar-refractivity contribution < 1.29 is 24.2 Å². The first-order valence-electron chi connectivity index (χ1n) is 5.90. The Morgan fingerprint density at radius 2 is 2.30 bits per heavy atom. The number of phenolic OH excluding ortho intramolecular Hbond substituents is 1. The fraction of sp³-hybridized carbons (Fsp3) is 0.333. The second kappa shape index (κ2) is 5.74. The Morgan fingerprint density at radius 3 is 2.95 bits per heavy atom. The highest BCUT2D eigenvalue weighted by atomic mass is 19.1. The number of nitrogens with zero attached hydrogens (tertiary/aromatic N) is 2. The van der Waals surface area contributed by atoms with Gasteiger partial charge in [-0.15, -0.1) is 0 Å². The predicted octanol–water partition coefficient (Wildman–Crippen LogP) is 0.119. The van der Waals surface area contributed by atoms with Gasteiger partial charge in [-0.2, -0.15) is 0 Å². The van der Waals surface area contributed by atoms with Crippen LogP contribution in [0.3, 0.4) is 0 Å². The van der Waals surface area contributed by atoms with E-state index in [1.54, 1.807) is 0 Å². The van der Waals surface area contributed by atoms with Crippen molar-refractivity contribution in [2.45, 2.75) is 6.10 Å². The molecule has 2 rings (SSSR count). The van der Waals surface area contributed by atoms with E-state index >= 15 is 0 Å². The molecule has 1 aromatic rings. The smallest absolute Gasteiger partial charge is 0.260 e. The first-order chi connectivity index (χ1) is 9.54. The van der Waals surface area contributed by atoms with Gasteiger partial charge in [0, 0.05) is 6.54 Å². The number of rotatable bonds is 2. The predicted molar refractivity (Wildman–Crippen MR) is 67.1 cm³/mol. The van der Waals surface area contributed by atoms with Gasteiger partial charge in [-0.05, 0) is 12.1 Å². The first-order valence-corrected chi connectivity index (χ1v) is 5.90. The number of hydrogen-bond donors (Lipinski definition) is 3. The van der Waals surface area contributed by atoms with Crippen LogP contribution in [0.5, 0.6) is 5.75 Å². The van der Waals surface area contributed by atoms with Crippen LogP contribution in [0.2, 0.25) is 0 Å². The number of hydrogen-bond acceptors (Lipinski definition) is 5. The lowest BCUT2D eigenvalue weighted by atomic mass is 10.1. The third-order valence-electron chi connectivity index (χ3n) is 3.00. The highest BCUT2D eigenvalue weighted by Gasteiger charge is 2.30. The molecule has 0 saturated carbocycles. The lowest BCUT2D eigenvalue weighted by Crippen LogP contribution is -2.50. The number of morpholine rings is 1. The molecule has 1 atom stereocenters. The van der Waals surface area contributed by atoms with E-state index in [4.69, 9.17) is 15.7 Å². The second-order valence-electron chi connectivity index (χ2n) is 4.27. The van der Waals surface area contributed by atoms with Crippen molar-refractivity contribution >= 4 is 11.7 Å². The fourth-order valence-electron chi connectivity index (χ4n) is 1.96. The quantitative estimate of drug-likeness (QED) is 0.309. The van der Waals surface area contributed by atoms with E-state index in [-0.39, 0.29) is 25.5 Å². The van der Waals surface area contributed by atoms with Crippen LogP contribution < -0.4 is 5.73 Å². The minimum Gasteiger partial charge on any atom is -0.507 e. The van der Waals surface area contributed by atoms with Gasteiger partial charge in [0.1, 0.15) is 23.2 Å². The third-order valence-corrected chi connectivity index (χ3v) is 3.00. The summed E-state index contributed by atoms with van der Waals surface area (Å²) in [7, 11) is 0. The number of oxime groups is 1. The van der Waals surface area contributed by atoms with Crippen LogP contribution in [0.15, 0.2) is 23.4 Å². The van der Waals surface area contributed by atoms with Crippen molar-refractivity contribution in [1.29, 1.82) is 0 Å². The van der Waals surface area contributed by atoms with Crippen molar-refractivity contribution in [3.05, 3.63) is 29.6 Å². The number of phenols is 1. The van der Waals surface area contributed by atoms with E-state index in [0.29, 0.717) is 0 Å². The average molecular weight is 283 g/mol. The molecule has 108 valence electrons. The van der Waals surface area contributed by atoms with Crippen LogP contribution in [0.1, 0.15) is 10.4 Å². The fourth-order valence-corrected chi connectivity index (χ4v) is 1.96. The number of amidine groups is 1. The maximum atomic E-state index is 13.7. The molecule has 0 bridgehead atoms. The summed E-state index contributed by atoms with van der Waals surface area (Å²) in [5.74, 6) is -2.07. The lowest BCUT2D eigenvalue weighted by molar-refractivity contribution is 0.00640. The largest absolute Gasteiger partial charge is 0.507 e. The molecule has 4 N–H and O–H groups in total. The summed E-state index contributed by atoms with van der Waals surface area (Å²) in [6, 6.07) is 3.63. The normalized spacial score (nSPS) is 19.9. The molecule has 0 spiro atoms. The Kier molecular flexibility index (Phi) is 4.04. The SMILES string of the molecule is N/C(=N/O)C1CN(C(=O)c2c(O)cccc2F)CCO1. The van der Waals surface area contributed by atoms with E-state index in [0.717, 1.165) is 6.07 Å². The maximum Gasteiger partial charge on any atom is 0.260 e. The number of nitrogens with two attached hydrogens (primary N) is 1. The summed E-state index contributed by atoms with van der Waals surface area (Å²) in [4.78, 5) is 13.5. The number of amides is 1. The molecule has 0 aromatic heterocycles. The van der Waals surface area contributed by atoms with Gasteiger partial charge >= 0.3 is 0 Å². The second-order valence-corrected chi connectivity index (χ2v) is 4.27. The number of benzene rings is 1. The molecule has 1 aromatic carbocycles. The van der Waals surface area contributed by atoms with Crippen LogP contribution >= 0.6 is 0 Å². The zero-order valence-corrected chi connectivity index (χ0v) is 10.5. The molecule has 8 heteroatoms. The molecule has 1 fully saturated rings. The number of carbonyl (C=O) groups is 1. The third kappa shape index (κ3) is 2.64. The maximum absolute atomic E-state index is 13.7. The molecule has 1 amide bonds. The summed E-state index contributed by atoms with van der Waals surface area (Å²) in [6.07, 6.45) is -0.758. The van der Waals surface area contributed by atoms with Crippen molar-refractivity contribution in [1.82, 2.24) is 4.90 Å². The Bertz CT molecular complexity index is 529. The van der Waals surface area contributed by atoms with E-state index < -0.39 is 29.1 Å². The summed E-state index contributed by atoms with van der Waals surface area (Å²) in [6.45, 7) is 0.409. The molecule has 0 aliphatic carbocycles. The summed E-state index contributed by atoms with van der Waals surface area (Å²) < 4.78 is 18.9. The van der Waals surface area contributed by atoms with Crippen LogP contribution in [0.25, 0.3) is 0 Å². The van der Waals surface area contributed by atoms with E-state index in [9.17, 15) is 14.3 Å². The average Bonchev–Trinajstić information content (AvgIpc) is 2.46. The van der Waals surface area contributed by atoms with Crippen LogP contribution in [-0.2, 0) is 4.74 Å². The lowest BCUT2D eigenvalue weighted by Gasteiger charge is -2.32. The number of aromatic hydroxyl groups is 1. The van der Waals surface area contributed by atoms with Crippen LogP contribution in [-0.4, -0.2) is 52.8 Å². The minimum absolute atomic E-state index is 0.0164. The van der Waals surface area contributed by atoms with Crippen molar-refractivity contribution in [2.75, 3.05) is 19.7 Å². The molecular weight excluding hydrogens is 269 g/mol. The Balaban J connectivity index is 2.21. The molecule has 1 saturated heterocycles. The van der Waals surface area contributed by atoms with Gasteiger partial charge in [-0.3, -0.25) is 4.79 Å². The van der Waals surface area contributed by atoms with Gasteiger partial charge in [0.15, 0.2) is 5.84 Å². The molecule has 20 heavy (non-hydrogen) atoms. The van der Waals surface area contributed by atoms with Crippen molar-refractivity contribution in [3.63, 3.8) is 0 Å². The molecular formula is C12H14FN3O4. The van der Waals surface area contributed by atoms with Gasteiger partial charge in [-0.1, -0.05) is 11.2 Å². The Morgan fingerprint density at radius 1 is 1.55 bits per heavy atom. The zero-order chi connectivity index (χ0) is 14.7. The number of carbonyl (C=O) groups excluding carboxylic acids is 1. The summed E-state index contributed by atoms with van der Waals surface area (Å²) >= 11 is 0. The van der Waals surface area contributed by atoms with E-state index in [1.807, 2.05) is 0 Å². The molecule has 0 radical (unpaired) electrons. The Labute approximate surface area is 114 Å². The molecule has 1 aliphatic rings. The van der Waals surface area contributed by atoms with Gasteiger partial charge in [0.25, 0.3) is 5.91 Å². The number of ether oxygens (including phenoxy) is 1. The van der Waals surface area contributed by atoms with E-state index in [1.165, 1.54) is 17.0 Å². The first kappa shape index (κ1) is 14.1. The highest BCUT2D eigenvalue weighted by Crippen LogP contribution is 2.22. The van der Waals surface area contributed by atoms with Crippen molar-refractivity contribution in [2.24, 2.45) is 10.9 Å². The zero-order valence-electron chi connectivity index (χ0n) is 10.5. The van der Waals surface area contributed by atoms with Gasteiger partial charge < -0.3 is 25.7 Å². The molecule has 7 nitrogen and oxygen atoms in total. The molecule has 1 aliphatic heterocycles. The van der Waals surface area contributed by atoms with Crippen LogP contribution in [0, 0.1) is 5.82 Å². The van der Waals surface area contributed by atoms with Gasteiger partial charge in [0.2, 0.25) is 0 Å². The van der Waals surface area contributed by atoms with E-state index in [2.05, 4.69) is 5.16 Å². The highest BCUT2D eigenvalue weighted by molar-refractivity contribution is 5.97. The topological polar surface area (TPSA) is 108 Å². The molecule has 1 heterocycles. The summed E-state index contributed by atoms with van der Waals surface area (Å²) in [5.41, 5.74) is 5.03. The monoisotopic (exact) mass is 283 g/mol. The van der Waals surface area contributed by atoms with Crippen LogP contribution in [0.4, 0.5) is 4.39 Å². The minimum atomic E-state index is -0.804. The van der Waals surface area contributed by atoms with Gasteiger partial charge in [0.05, 0.1) is 13.2 Å². The Hall–Kier alpha value is -2.35. The number of halogens is 1. The standard InChI is InChI=1S/C12H14FN3O4/c13-7-2-1-3-8(17)10(7)12(18)16-4-5-20-9(6-16)11(14)15-19/h1-3,9,17,19H,4-6H2,(H2,14,15).